The molecule has 1 saturated heterocycles. The van der Waals surface area contributed by atoms with Gasteiger partial charge in [-0.25, -0.2) is 4.98 Å². The number of hydrogen-bond acceptors (Lipinski definition) is 5. The van der Waals surface area contributed by atoms with Crippen LogP contribution in [0.2, 0.25) is 5.15 Å². The maximum Gasteiger partial charge on any atom is 0.309 e. The van der Waals surface area contributed by atoms with E-state index in [-0.39, 0.29) is 50.9 Å². The molecule has 0 spiro atoms. The van der Waals surface area contributed by atoms with Gasteiger partial charge in [0.2, 0.25) is 0 Å². The Morgan fingerprint density at radius 1 is 1.41 bits per heavy atom. The number of carbonyl (C=O) groups is 1. The molecule has 124 valence electrons. The lowest BCUT2D eigenvalue weighted by molar-refractivity contribution is -0.144. The minimum absolute atomic E-state index is 0. The Morgan fingerprint density at radius 2 is 2.14 bits per heavy atom. The molecule has 0 N–H and O–H groups in total. The fourth-order valence-electron chi connectivity index (χ4n) is 2.27. The summed E-state index contributed by atoms with van der Waals surface area (Å²) in [5, 5.41) is 0.409. The number of rotatable bonds is 5. The third-order valence-electron chi connectivity index (χ3n) is 3.48. The molecule has 8 heteroatoms. The number of nitrogens with zero attached hydrogens (tertiary/aromatic N) is 1. The van der Waals surface area contributed by atoms with Crippen LogP contribution in [0, 0.1) is 5.92 Å². The summed E-state index contributed by atoms with van der Waals surface area (Å²) in [5.74, 6) is 0.446. The van der Waals surface area contributed by atoms with Gasteiger partial charge in [0, 0.05) is 5.92 Å². The van der Waals surface area contributed by atoms with Gasteiger partial charge >= 0.3 is 5.97 Å². The maximum absolute atomic E-state index is 11.7. The van der Waals surface area contributed by atoms with Crippen molar-refractivity contribution in [2.75, 3.05) is 19.8 Å². The molecule has 3 rings (SSSR count). The van der Waals surface area contributed by atoms with Crippen molar-refractivity contribution >= 4 is 44.6 Å². The summed E-state index contributed by atoms with van der Waals surface area (Å²) < 4.78 is 16.0. The van der Waals surface area contributed by atoms with Gasteiger partial charge in [0.1, 0.15) is 17.0 Å². The molecule has 2 fully saturated rings. The monoisotopic (exact) mass is 365 g/mol. The summed E-state index contributed by atoms with van der Waals surface area (Å²) in [6.07, 6.45) is 0.806. The fraction of sp³-hybridized carbons (Fsp3) is 0.571. The Morgan fingerprint density at radius 3 is 2.73 bits per heavy atom. The molecule has 2 atom stereocenters. The predicted octanol–water partition coefficient (Wildman–Crippen LogP) is 2.40. The van der Waals surface area contributed by atoms with Crippen LogP contribution in [-0.4, -0.2) is 36.9 Å². The first kappa shape index (κ1) is 19.4. The number of halogens is 1. The molecular weight excluding hydrogens is 346 g/mol. The lowest BCUT2D eigenvalue weighted by Crippen LogP contribution is -2.38. The van der Waals surface area contributed by atoms with E-state index in [2.05, 4.69) is 4.98 Å². The summed E-state index contributed by atoms with van der Waals surface area (Å²) in [7, 11) is 0. The quantitative estimate of drug-likeness (QED) is 0.592. The van der Waals surface area contributed by atoms with Gasteiger partial charge < -0.3 is 14.2 Å². The van der Waals surface area contributed by atoms with E-state index in [1.165, 1.54) is 0 Å². The van der Waals surface area contributed by atoms with Gasteiger partial charge in [0.25, 0.3) is 0 Å². The summed E-state index contributed by atoms with van der Waals surface area (Å²) in [5.41, 5.74) is 0.752. The van der Waals surface area contributed by atoms with Gasteiger partial charge in [-0.2, -0.15) is 27.0 Å². The van der Waals surface area contributed by atoms with Crippen LogP contribution in [0.4, 0.5) is 0 Å². The Kier molecular flexibility index (Phi) is 7.31. The molecule has 22 heavy (non-hydrogen) atoms. The first-order valence-corrected chi connectivity index (χ1v) is 7.14. The molecule has 1 saturated carbocycles. The van der Waals surface area contributed by atoms with Crippen molar-refractivity contribution in [3.05, 3.63) is 23.0 Å². The summed E-state index contributed by atoms with van der Waals surface area (Å²) in [6.45, 7) is 3.38. The summed E-state index contributed by atoms with van der Waals surface area (Å²) in [6, 6.07) is 3.51. The van der Waals surface area contributed by atoms with Gasteiger partial charge in [-0.15, -0.1) is 0 Å². The van der Waals surface area contributed by atoms with Gasteiger partial charge in [-0.3, -0.25) is 4.79 Å². The van der Waals surface area contributed by atoms with E-state index in [0.717, 1.165) is 12.1 Å². The molecule has 0 unspecified atom stereocenters. The molecule has 0 amide bonds. The highest BCUT2D eigenvalue weighted by molar-refractivity contribution is 7.59. The smallest absolute Gasteiger partial charge is 0.309 e. The Hall–Kier alpha value is -0.630. The van der Waals surface area contributed by atoms with Crippen LogP contribution in [-0.2, 0) is 14.3 Å². The fourth-order valence-corrected chi connectivity index (χ4v) is 2.43. The number of carbonyl (C=O) groups excluding carboxylic acids is 1. The zero-order valence-corrected chi connectivity index (χ0v) is 14.9. The number of aromatic nitrogens is 1. The topological polar surface area (TPSA) is 57.7 Å². The number of hydrogen-bond donors (Lipinski definition) is 0. The molecule has 1 aliphatic carbocycles. The van der Waals surface area contributed by atoms with Crippen LogP contribution in [0.1, 0.15) is 25.0 Å². The largest absolute Gasteiger partial charge is 0.484 e. The highest BCUT2D eigenvalue weighted by Gasteiger charge is 2.48. The minimum Gasteiger partial charge on any atom is -0.484 e. The molecule has 0 aromatic carbocycles. The Bertz CT molecular complexity index is 528. The van der Waals surface area contributed by atoms with E-state index in [1.807, 2.05) is 6.07 Å². The molecule has 0 radical (unpaired) electrons. The second kappa shape index (κ2) is 8.29. The first-order chi connectivity index (χ1) is 9.69. The average molecular weight is 366 g/mol. The normalized spacial score (nSPS) is 22.6. The van der Waals surface area contributed by atoms with Gasteiger partial charge in [-0.1, -0.05) is 11.6 Å². The Labute approximate surface area is 148 Å². The SMILES string of the molecule is CCOC(=O)[C@H]1C[C@@H]1c1nc(Cl)ccc1OC1COC1.S.S. The van der Waals surface area contributed by atoms with E-state index in [0.29, 0.717) is 30.7 Å². The number of ether oxygens (including phenoxy) is 3. The van der Waals surface area contributed by atoms with Gasteiger partial charge in [-0.05, 0) is 25.5 Å². The first-order valence-electron chi connectivity index (χ1n) is 6.76. The van der Waals surface area contributed by atoms with E-state index in [4.69, 9.17) is 25.8 Å². The zero-order chi connectivity index (χ0) is 14.1. The van der Waals surface area contributed by atoms with Crippen LogP contribution in [0.25, 0.3) is 0 Å². The van der Waals surface area contributed by atoms with Crippen LogP contribution < -0.4 is 4.74 Å². The molecule has 1 aliphatic heterocycles. The number of pyridine rings is 1. The molecule has 5 nitrogen and oxygen atoms in total. The number of esters is 1. The van der Waals surface area contributed by atoms with E-state index >= 15 is 0 Å². The summed E-state index contributed by atoms with van der Waals surface area (Å²) in [4.78, 5) is 16.1. The summed E-state index contributed by atoms with van der Waals surface area (Å²) >= 11 is 5.95. The maximum atomic E-state index is 11.7. The lowest BCUT2D eigenvalue weighted by Gasteiger charge is -2.27. The highest BCUT2D eigenvalue weighted by atomic mass is 35.5. The van der Waals surface area contributed by atoms with Crippen molar-refractivity contribution < 1.29 is 19.0 Å². The third kappa shape index (κ3) is 4.22. The lowest BCUT2D eigenvalue weighted by atomic mass is 10.2. The van der Waals surface area contributed by atoms with Crippen molar-refractivity contribution in [2.24, 2.45) is 5.92 Å². The predicted molar refractivity (Wildman–Crippen MR) is 92.7 cm³/mol. The zero-order valence-electron chi connectivity index (χ0n) is 12.2. The van der Waals surface area contributed by atoms with Gasteiger partial charge in [0.15, 0.2) is 0 Å². The van der Waals surface area contributed by atoms with Crippen molar-refractivity contribution in [1.29, 1.82) is 0 Å². The second-order valence-electron chi connectivity index (χ2n) is 5.00. The standard InChI is InChI=1S/C14H16ClNO4.2H2S/c1-2-19-14(17)10-5-9(10)13-11(3-4-12(15)16-13)20-8-6-18-7-8;;/h3-4,8-10H,2,5-7H2,1H3;2*1H2/t9-,10-;;/m0../s1. The van der Waals surface area contributed by atoms with Crippen LogP contribution in [0.5, 0.6) is 5.75 Å². The van der Waals surface area contributed by atoms with Gasteiger partial charge in [0.05, 0.1) is 31.4 Å². The van der Waals surface area contributed by atoms with Crippen molar-refractivity contribution in [1.82, 2.24) is 4.98 Å². The molecule has 0 bridgehead atoms. The van der Waals surface area contributed by atoms with Crippen molar-refractivity contribution in [3.63, 3.8) is 0 Å². The molecule has 1 aromatic rings. The van der Waals surface area contributed by atoms with Crippen molar-refractivity contribution in [2.45, 2.75) is 25.4 Å². The van der Waals surface area contributed by atoms with E-state index < -0.39 is 0 Å². The average Bonchev–Trinajstić information content (AvgIpc) is 3.15. The molecule has 1 aromatic heterocycles. The van der Waals surface area contributed by atoms with Crippen LogP contribution in [0.3, 0.4) is 0 Å². The van der Waals surface area contributed by atoms with E-state index in [9.17, 15) is 4.79 Å². The van der Waals surface area contributed by atoms with Crippen LogP contribution >= 0.6 is 38.6 Å². The highest BCUT2D eigenvalue weighted by Crippen LogP contribution is 2.50. The van der Waals surface area contributed by atoms with Crippen molar-refractivity contribution in [3.8, 4) is 5.75 Å². The van der Waals surface area contributed by atoms with E-state index in [1.54, 1.807) is 13.0 Å². The Balaban J connectivity index is 0.00000121. The molecule has 2 heterocycles. The minimum atomic E-state index is -0.169. The van der Waals surface area contributed by atoms with Crippen LogP contribution in [0.15, 0.2) is 12.1 Å². The molecule has 2 aliphatic rings. The third-order valence-corrected chi connectivity index (χ3v) is 3.69. The molecular formula is C14H20ClNO4S2. The second-order valence-corrected chi connectivity index (χ2v) is 5.38.